The lowest BCUT2D eigenvalue weighted by atomic mass is 9.98. The van der Waals surface area contributed by atoms with Gasteiger partial charge in [0.25, 0.3) is 0 Å². The molecule has 6 heteroatoms. The largest absolute Gasteiger partial charge is 0.481 e. The standard InChI is InChI=1S/C12H22N2O4/c1-12(2,6-4-10(15)16)13-11(17)14(3)9-5-7-18-8-9/h9H,4-8H2,1-3H3,(H,13,17)(H,15,16). The number of amides is 2. The number of carbonyl (C=O) groups is 2. The Labute approximate surface area is 107 Å². The Morgan fingerprint density at radius 1 is 1.50 bits per heavy atom. The van der Waals surface area contributed by atoms with Gasteiger partial charge in [-0.15, -0.1) is 0 Å². The van der Waals surface area contributed by atoms with E-state index in [4.69, 9.17) is 9.84 Å². The van der Waals surface area contributed by atoms with Crippen LogP contribution >= 0.6 is 0 Å². The van der Waals surface area contributed by atoms with Crippen LogP contribution in [-0.2, 0) is 9.53 Å². The molecular formula is C12H22N2O4. The Kier molecular flexibility index (Phi) is 4.95. The average molecular weight is 258 g/mol. The summed E-state index contributed by atoms with van der Waals surface area (Å²) in [5.74, 6) is -0.852. The number of likely N-dealkylation sites (N-methyl/N-ethyl adjacent to an activating group) is 1. The number of carbonyl (C=O) groups excluding carboxylic acids is 1. The highest BCUT2D eigenvalue weighted by molar-refractivity contribution is 5.75. The second kappa shape index (κ2) is 6.04. The highest BCUT2D eigenvalue weighted by Crippen LogP contribution is 2.14. The van der Waals surface area contributed by atoms with Crippen LogP contribution in [0, 0.1) is 0 Å². The monoisotopic (exact) mass is 258 g/mol. The molecule has 2 amide bonds. The van der Waals surface area contributed by atoms with Crippen LogP contribution in [0.4, 0.5) is 4.79 Å². The minimum Gasteiger partial charge on any atom is -0.481 e. The molecule has 0 aromatic rings. The number of rotatable bonds is 5. The van der Waals surface area contributed by atoms with Crippen molar-refractivity contribution in [3.8, 4) is 0 Å². The number of nitrogens with zero attached hydrogens (tertiary/aromatic N) is 1. The first kappa shape index (κ1) is 14.8. The van der Waals surface area contributed by atoms with E-state index in [1.54, 1.807) is 11.9 Å². The van der Waals surface area contributed by atoms with Crippen LogP contribution in [0.1, 0.15) is 33.1 Å². The van der Waals surface area contributed by atoms with E-state index in [1.165, 1.54) is 0 Å². The molecular weight excluding hydrogens is 236 g/mol. The highest BCUT2D eigenvalue weighted by atomic mass is 16.5. The molecule has 1 atom stereocenters. The summed E-state index contributed by atoms with van der Waals surface area (Å²) in [5, 5.41) is 11.5. The zero-order valence-electron chi connectivity index (χ0n) is 11.2. The van der Waals surface area contributed by atoms with E-state index in [2.05, 4.69) is 5.32 Å². The molecule has 1 unspecified atom stereocenters. The topological polar surface area (TPSA) is 78.9 Å². The minimum atomic E-state index is -0.852. The minimum absolute atomic E-state index is 0.0452. The van der Waals surface area contributed by atoms with Crippen LogP contribution in [0.3, 0.4) is 0 Å². The predicted molar refractivity (Wildman–Crippen MR) is 66.5 cm³/mol. The number of carboxylic acid groups (broad SMARTS) is 1. The number of hydrogen-bond acceptors (Lipinski definition) is 3. The van der Waals surface area contributed by atoms with E-state index in [0.29, 0.717) is 19.6 Å². The van der Waals surface area contributed by atoms with Crippen molar-refractivity contribution in [3.05, 3.63) is 0 Å². The Bertz CT molecular complexity index is 311. The molecule has 0 aromatic heterocycles. The number of ether oxygens (including phenoxy) is 1. The predicted octanol–water partition coefficient (Wildman–Crippen LogP) is 1.06. The molecule has 1 aliphatic heterocycles. The summed E-state index contributed by atoms with van der Waals surface area (Å²) in [7, 11) is 1.74. The zero-order valence-corrected chi connectivity index (χ0v) is 11.2. The maximum Gasteiger partial charge on any atom is 0.317 e. The third-order valence-corrected chi connectivity index (χ3v) is 3.18. The van der Waals surface area contributed by atoms with Gasteiger partial charge in [0.15, 0.2) is 0 Å². The third kappa shape index (κ3) is 4.52. The van der Waals surface area contributed by atoms with Crippen LogP contribution in [0.2, 0.25) is 0 Å². The van der Waals surface area contributed by atoms with E-state index in [0.717, 1.165) is 6.42 Å². The van der Waals surface area contributed by atoms with Gasteiger partial charge in [-0.05, 0) is 26.7 Å². The first-order valence-electron chi connectivity index (χ1n) is 6.16. The normalized spacial score (nSPS) is 19.6. The lowest BCUT2D eigenvalue weighted by Gasteiger charge is -2.31. The fraction of sp³-hybridized carbons (Fsp3) is 0.833. The molecule has 0 radical (unpaired) electrons. The Balaban J connectivity index is 2.43. The number of carboxylic acids is 1. The molecule has 0 spiro atoms. The summed E-state index contributed by atoms with van der Waals surface area (Å²) in [6.45, 7) is 4.91. The summed E-state index contributed by atoms with van der Waals surface area (Å²) in [6, 6.07) is -0.0684. The third-order valence-electron chi connectivity index (χ3n) is 3.18. The second-order valence-electron chi connectivity index (χ2n) is 5.34. The van der Waals surface area contributed by atoms with E-state index < -0.39 is 11.5 Å². The quantitative estimate of drug-likeness (QED) is 0.773. The summed E-state index contributed by atoms with van der Waals surface area (Å²) >= 11 is 0. The van der Waals surface area contributed by atoms with Gasteiger partial charge in [0.05, 0.1) is 12.6 Å². The van der Waals surface area contributed by atoms with Crippen molar-refractivity contribution in [2.45, 2.75) is 44.7 Å². The fourth-order valence-corrected chi connectivity index (χ4v) is 1.85. The second-order valence-corrected chi connectivity index (χ2v) is 5.34. The van der Waals surface area contributed by atoms with Crippen LogP contribution in [0.15, 0.2) is 0 Å². The fourth-order valence-electron chi connectivity index (χ4n) is 1.85. The van der Waals surface area contributed by atoms with Crippen LogP contribution in [-0.4, -0.2) is 53.8 Å². The van der Waals surface area contributed by atoms with Gasteiger partial charge in [0.2, 0.25) is 0 Å². The van der Waals surface area contributed by atoms with Gasteiger partial charge in [-0.3, -0.25) is 4.79 Å². The van der Waals surface area contributed by atoms with Crippen molar-refractivity contribution in [2.75, 3.05) is 20.3 Å². The number of hydrogen-bond donors (Lipinski definition) is 2. The lowest BCUT2D eigenvalue weighted by molar-refractivity contribution is -0.137. The average Bonchev–Trinajstić information content (AvgIpc) is 2.78. The van der Waals surface area contributed by atoms with Gasteiger partial charge in [0, 0.05) is 25.6 Å². The van der Waals surface area contributed by atoms with Crippen molar-refractivity contribution in [1.82, 2.24) is 10.2 Å². The molecule has 1 heterocycles. The molecule has 1 rings (SSSR count). The molecule has 1 aliphatic rings. The van der Waals surface area contributed by atoms with Crippen molar-refractivity contribution < 1.29 is 19.4 Å². The SMILES string of the molecule is CN(C(=O)NC(C)(C)CCC(=O)O)C1CCOC1. The summed E-state index contributed by atoms with van der Waals surface area (Å²) in [4.78, 5) is 24.2. The molecule has 6 nitrogen and oxygen atoms in total. The Morgan fingerprint density at radius 2 is 2.17 bits per heavy atom. The van der Waals surface area contributed by atoms with E-state index in [9.17, 15) is 9.59 Å². The van der Waals surface area contributed by atoms with Crippen LogP contribution < -0.4 is 5.32 Å². The van der Waals surface area contributed by atoms with E-state index in [-0.39, 0.29) is 18.5 Å². The van der Waals surface area contributed by atoms with Gasteiger partial charge in [-0.1, -0.05) is 0 Å². The zero-order chi connectivity index (χ0) is 13.8. The smallest absolute Gasteiger partial charge is 0.317 e. The molecule has 1 saturated heterocycles. The van der Waals surface area contributed by atoms with Gasteiger partial charge in [-0.25, -0.2) is 4.79 Å². The van der Waals surface area contributed by atoms with Gasteiger partial charge >= 0.3 is 12.0 Å². The van der Waals surface area contributed by atoms with Crippen molar-refractivity contribution in [1.29, 1.82) is 0 Å². The Hall–Kier alpha value is -1.30. The van der Waals surface area contributed by atoms with Crippen molar-refractivity contribution >= 4 is 12.0 Å². The highest BCUT2D eigenvalue weighted by Gasteiger charge is 2.28. The van der Waals surface area contributed by atoms with Crippen LogP contribution in [0.5, 0.6) is 0 Å². The van der Waals surface area contributed by atoms with Crippen molar-refractivity contribution in [2.24, 2.45) is 0 Å². The van der Waals surface area contributed by atoms with Crippen molar-refractivity contribution in [3.63, 3.8) is 0 Å². The Morgan fingerprint density at radius 3 is 2.67 bits per heavy atom. The molecule has 0 aliphatic carbocycles. The number of nitrogens with one attached hydrogen (secondary N) is 1. The van der Waals surface area contributed by atoms with Gasteiger partial charge in [0.1, 0.15) is 0 Å². The maximum absolute atomic E-state index is 12.0. The maximum atomic E-state index is 12.0. The number of urea groups is 1. The molecule has 0 saturated carbocycles. The molecule has 1 fully saturated rings. The molecule has 104 valence electrons. The van der Waals surface area contributed by atoms with Crippen LogP contribution in [0.25, 0.3) is 0 Å². The first-order chi connectivity index (χ1) is 8.32. The van der Waals surface area contributed by atoms with Gasteiger partial charge in [-0.2, -0.15) is 0 Å². The van der Waals surface area contributed by atoms with Gasteiger partial charge < -0.3 is 20.1 Å². The summed E-state index contributed by atoms with van der Waals surface area (Å²) < 4.78 is 5.24. The molecule has 0 bridgehead atoms. The van der Waals surface area contributed by atoms with E-state index >= 15 is 0 Å². The first-order valence-corrected chi connectivity index (χ1v) is 6.16. The summed E-state index contributed by atoms with van der Waals surface area (Å²) in [6.07, 6.45) is 1.30. The number of aliphatic carboxylic acids is 1. The van der Waals surface area contributed by atoms with E-state index in [1.807, 2.05) is 13.8 Å². The molecule has 0 aromatic carbocycles. The summed E-state index contributed by atoms with van der Waals surface area (Å²) in [5.41, 5.74) is -0.525. The molecule has 18 heavy (non-hydrogen) atoms. The molecule has 2 N–H and O–H groups in total. The lowest BCUT2D eigenvalue weighted by Crippen LogP contribution is -2.51.